The van der Waals surface area contributed by atoms with Gasteiger partial charge in [0, 0.05) is 11.7 Å². The molecule has 1 aromatic heterocycles. The first kappa shape index (κ1) is 12.5. The third-order valence-corrected chi connectivity index (χ3v) is 3.51. The highest BCUT2D eigenvalue weighted by Gasteiger charge is 2.51. The molecule has 1 aliphatic heterocycles. The smallest absolute Gasteiger partial charge is 0.399 e. The molecule has 17 heavy (non-hydrogen) atoms. The molecule has 0 aliphatic carbocycles. The largest absolute Gasteiger partial charge is 0.496 e. The normalized spacial score (nSPS) is 21.8. The average molecular weight is 237 g/mol. The molecule has 5 heteroatoms. The van der Waals surface area contributed by atoms with Crippen LogP contribution in [0.2, 0.25) is 0 Å². The minimum absolute atomic E-state index is 0.365. The van der Waals surface area contributed by atoms with Crippen molar-refractivity contribution < 1.29 is 13.7 Å². The first-order valence-corrected chi connectivity index (χ1v) is 5.72. The number of alkyl halides is 1. The second-order valence-corrected chi connectivity index (χ2v) is 5.30. The Labute approximate surface area is 101 Å². The van der Waals surface area contributed by atoms with E-state index >= 15 is 0 Å². The molecule has 1 aliphatic rings. The Kier molecular flexibility index (Phi) is 3.00. The van der Waals surface area contributed by atoms with Gasteiger partial charge in [-0.25, -0.2) is 4.39 Å². The summed E-state index contributed by atoms with van der Waals surface area (Å²) < 4.78 is 24.1. The molecule has 2 rings (SSSR count). The molecule has 0 unspecified atom stereocenters. The Balaban J connectivity index is 2.20. The van der Waals surface area contributed by atoms with Crippen molar-refractivity contribution in [3.05, 3.63) is 24.0 Å². The van der Waals surface area contributed by atoms with Crippen LogP contribution in [0.1, 0.15) is 33.4 Å². The highest BCUT2D eigenvalue weighted by atomic mass is 19.1. The first-order valence-electron chi connectivity index (χ1n) is 5.72. The van der Waals surface area contributed by atoms with Crippen molar-refractivity contribution in [3.63, 3.8) is 0 Å². The number of hydrogen-bond donors (Lipinski definition) is 0. The third-order valence-electron chi connectivity index (χ3n) is 3.51. The predicted octanol–water partition coefficient (Wildman–Crippen LogP) is 1.85. The van der Waals surface area contributed by atoms with Crippen LogP contribution >= 0.6 is 0 Å². The van der Waals surface area contributed by atoms with Gasteiger partial charge in [0.1, 0.15) is 6.67 Å². The topological polar surface area (TPSA) is 31.4 Å². The van der Waals surface area contributed by atoms with Gasteiger partial charge in [-0.15, -0.1) is 0 Å². The van der Waals surface area contributed by atoms with Gasteiger partial charge in [-0.3, -0.25) is 4.98 Å². The first-order chi connectivity index (χ1) is 7.86. The number of halogens is 1. The van der Waals surface area contributed by atoms with E-state index in [2.05, 4.69) is 4.98 Å². The van der Waals surface area contributed by atoms with Crippen molar-refractivity contribution in [1.82, 2.24) is 4.98 Å². The molecule has 3 nitrogen and oxygen atoms in total. The molecule has 2 heterocycles. The van der Waals surface area contributed by atoms with Crippen LogP contribution in [0, 0.1) is 0 Å². The Hall–Kier alpha value is -0.935. The molecule has 0 spiro atoms. The summed E-state index contributed by atoms with van der Waals surface area (Å²) >= 11 is 0. The van der Waals surface area contributed by atoms with Crippen LogP contribution in [0.5, 0.6) is 0 Å². The fraction of sp³-hybridized carbons (Fsp3) is 0.583. The minimum atomic E-state index is -0.552. The van der Waals surface area contributed by atoms with Crippen LogP contribution in [-0.2, 0) is 16.0 Å². The van der Waals surface area contributed by atoms with Crippen LogP contribution in [0.25, 0.3) is 0 Å². The van der Waals surface area contributed by atoms with Gasteiger partial charge < -0.3 is 9.31 Å². The van der Waals surface area contributed by atoms with Crippen molar-refractivity contribution >= 4 is 12.6 Å². The summed E-state index contributed by atoms with van der Waals surface area (Å²) in [5, 5.41) is 0. The molecule has 1 aromatic rings. The lowest BCUT2D eigenvalue weighted by Crippen LogP contribution is -2.41. The fourth-order valence-corrected chi connectivity index (χ4v) is 1.63. The van der Waals surface area contributed by atoms with Gasteiger partial charge in [-0.1, -0.05) is 6.07 Å². The molecule has 0 amide bonds. The van der Waals surface area contributed by atoms with Gasteiger partial charge in [0.25, 0.3) is 0 Å². The van der Waals surface area contributed by atoms with Gasteiger partial charge in [0.05, 0.1) is 16.9 Å². The van der Waals surface area contributed by atoms with Crippen molar-refractivity contribution in [3.8, 4) is 0 Å². The van der Waals surface area contributed by atoms with E-state index < -0.39 is 13.8 Å². The minimum Gasteiger partial charge on any atom is -0.399 e. The number of nitrogens with zero attached hydrogens (tertiary/aromatic N) is 1. The van der Waals surface area contributed by atoms with Crippen LogP contribution in [0.3, 0.4) is 0 Å². The van der Waals surface area contributed by atoms with Crippen LogP contribution in [0.15, 0.2) is 18.3 Å². The quantitative estimate of drug-likeness (QED) is 0.735. The number of hydrogen-bond acceptors (Lipinski definition) is 3. The van der Waals surface area contributed by atoms with Crippen molar-refractivity contribution in [2.75, 3.05) is 0 Å². The fourth-order valence-electron chi connectivity index (χ4n) is 1.63. The van der Waals surface area contributed by atoms with Crippen molar-refractivity contribution in [2.24, 2.45) is 0 Å². The van der Waals surface area contributed by atoms with Gasteiger partial charge in [0.15, 0.2) is 0 Å². The molecule has 0 aromatic carbocycles. The van der Waals surface area contributed by atoms with Crippen molar-refractivity contribution in [2.45, 2.75) is 45.6 Å². The molecule has 0 bridgehead atoms. The summed E-state index contributed by atoms with van der Waals surface area (Å²) in [6.07, 6.45) is 1.61. The molecule has 1 fully saturated rings. The summed E-state index contributed by atoms with van der Waals surface area (Å²) in [6.45, 7) is 7.43. The highest BCUT2D eigenvalue weighted by Crippen LogP contribution is 2.36. The SMILES string of the molecule is CC1(C)OB(c2ccc(CF)nc2)OC1(C)C. The van der Waals surface area contributed by atoms with E-state index in [4.69, 9.17) is 9.31 Å². The highest BCUT2D eigenvalue weighted by molar-refractivity contribution is 6.62. The molecule has 92 valence electrons. The summed E-state index contributed by atoms with van der Waals surface area (Å²) in [5.74, 6) is 0. The summed E-state index contributed by atoms with van der Waals surface area (Å²) in [5.41, 5.74) is 0.512. The number of rotatable bonds is 2. The molecule has 0 atom stereocenters. The van der Waals surface area contributed by atoms with Crippen molar-refractivity contribution in [1.29, 1.82) is 0 Å². The van der Waals surface area contributed by atoms with E-state index in [1.54, 1.807) is 18.3 Å². The lowest BCUT2D eigenvalue weighted by molar-refractivity contribution is 0.00578. The maximum Gasteiger partial charge on any atom is 0.496 e. The second-order valence-electron chi connectivity index (χ2n) is 5.30. The van der Waals surface area contributed by atoms with E-state index in [-0.39, 0.29) is 11.2 Å². The molecule has 1 saturated heterocycles. The summed E-state index contributed by atoms with van der Waals surface area (Å²) in [7, 11) is -0.429. The molecule has 0 N–H and O–H groups in total. The van der Waals surface area contributed by atoms with E-state index in [9.17, 15) is 4.39 Å². The Morgan fingerprint density at radius 1 is 1.18 bits per heavy atom. The Morgan fingerprint density at radius 3 is 2.18 bits per heavy atom. The predicted molar refractivity (Wildman–Crippen MR) is 64.8 cm³/mol. The van der Waals surface area contributed by atoms with E-state index in [1.165, 1.54) is 0 Å². The van der Waals surface area contributed by atoms with Gasteiger partial charge in [-0.05, 0) is 33.8 Å². The maximum atomic E-state index is 12.4. The zero-order valence-corrected chi connectivity index (χ0v) is 10.7. The average Bonchev–Trinajstić information content (AvgIpc) is 2.48. The summed E-state index contributed by atoms with van der Waals surface area (Å²) in [4.78, 5) is 4.00. The molecule has 0 saturated carbocycles. The third kappa shape index (κ3) is 2.22. The standard InChI is InChI=1S/C12H17BFNO2/c1-11(2)12(3,4)17-13(16-11)9-5-6-10(7-14)15-8-9/h5-6,8H,7H2,1-4H3. The molecule has 0 radical (unpaired) electrons. The number of pyridine rings is 1. The Bertz CT molecular complexity index is 389. The lowest BCUT2D eigenvalue weighted by atomic mass is 9.80. The van der Waals surface area contributed by atoms with Gasteiger partial charge >= 0.3 is 7.12 Å². The van der Waals surface area contributed by atoms with Crippen LogP contribution < -0.4 is 5.46 Å². The van der Waals surface area contributed by atoms with Gasteiger partial charge in [0.2, 0.25) is 0 Å². The number of aromatic nitrogens is 1. The zero-order chi connectivity index (χ0) is 12.7. The van der Waals surface area contributed by atoms with Gasteiger partial charge in [-0.2, -0.15) is 0 Å². The second kappa shape index (κ2) is 4.07. The van der Waals surface area contributed by atoms with E-state index in [0.717, 1.165) is 5.46 Å². The Morgan fingerprint density at radius 2 is 1.76 bits per heavy atom. The monoisotopic (exact) mass is 237 g/mol. The summed E-state index contributed by atoms with van der Waals surface area (Å²) in [6, 6.07) is 3.45. The molecular formula is C12H17BFNO2. The zero-order valence-electron chi connectivity index (χ0n) is 10.7. The maximum absolute atomic E-state index is 12.4. The van der Waals surface area contributed by atoms with Crippen LogP contribution in [-0.4, -0.2) is 23.3 Å². The van der Waals surface area contributed by atoms with E-state index in [1.807, 2.05) is 27.7 Å². The van der Waals surface area contributed by atoms with Crippen LogP contribution in [0.4, 0.5) is 4.39 Å². The van der Waals surface area contributed by atoms with E-state index in [0.29, 0.717) is 5.69 Å². The lowest BCUT2D eigenvalue weighted by Gasteiger charge is -2.32. The molecular weight excluding hydrogens is 220 g/mol.